The number of hydrogen-bond donors (Lipinski definition) is 1. The summed E-state index contributed by atoms with van der Waals surface area (Å²) in [6, 6.07) is 15.7. The van der Waals surface area contributed by atoms with Crippen LogP contribution in [0.1, 0.15) is 31.2 Å². The van der Waals surface area contributed by atoms with Crippen molar-refractivity contribution in [3.63, 3.8) is 0 Å². The van der Waals surface area contributed by atoms with Crippen LogP contribution in [0.5, 0.6) is 17.2 Å². The highest BCUT2D eigenvalue weighted by Gasteiger charge is 2.24. The molecule has 36 heavy (non-hydrogen) atoms. The molecule has 7 heteroatoms. The van der Waals surface area contributed by atoms with Crippen LogP contribution in [0, 0.1) is 0 Å². The van der Waals surface area contributed by atoms with Crippen LogP contribution >= 0.6 is 0 Å². The van der Waals surface area contributed by atoms with Gasteiger partial charge in [0.2, 0.25) is 0 Å². The molecule has 1 fully saturated rings. The van der Waals surface area contributed by atoms with Gasteiger partial charge in [-0.05, 0) is 67.6 Å². The second-order valence-electron chi connectivity index (χ2n) is 9.27. The minimum atomic E-state index is -0.0639. The monoisotopic (exact) mass is 488 g/mol. The Bertz CT molecular complexity index is 1380. The molecule has 4 aromatic rings. The SMILES string of the molecule is COc1ccc(COc2ccc(O[C@H]3CC[C@H](OC)CC3)c(-c3cn(C)c(=O)c4[nH]ccc34)c2)cc1. The Morgan fingerprint density at radius 1 is 0.917 bits per heavy atom. The van der Waals surface area contributed by atoms with Crippen molar-refractivity contribution in [2.24, 2.45) is 7.05 Å². The van der Waals surface area contributed by atoms with Gasteiger partial charge in [0.05, 0.1) is 19.3 Å². The van der Waals surface area contributed by atoms with E-state index >= 15 is 0 Å². The molecule has 0 saturated heterocycles. The molecule has 2 heterocycles. The molecule has 0 atom stereocenters. The van der Waals surface area contributed by atoms with Gasteiger partial charge in [-0.3, -0.25) is 4.79 Å². The fourth-order valence-electron chi connectivity index (χ4n) is 4.85. The number of nitrogens with one attached hydrogen (secondary N) is 1. The Labute approximate surface area is 210 Å². The van der Waals surface area contributed by atoms with Gasteiger partial charge in [-0.1, -0.05) is 12.1 Å². The molecule has 0 aliphatic heterocycles. The first-order valence-electron chi connectivity index (χ1n) is 12.3. The van der Waals surface area contributed by atoms with Gasteiger partial charge in [-0.2, -0.15) is 0 Å². The molecule has 188 valence electrons. The molecule has 0 amide bonds. The van der Waals surface area contributed by atoms with Crippen molar-refractivity contribution in [3.8, 4) is 28.4 Å². The Kier molecular flexibility index (Phi) is 7.00. The first-order chi connectivity index (χ1) is 17.6. The zero-order valence-corrected chi connectivity index (χ0v) is 21.0. The molecule has 2 aromatic carbocycles. The summed E-state index contributed by atoms with van der Waals surface area (Å²) in [4.78, 5) is 15.8. The number of aryl methyl sites for hydroxylation is 1. The van der Waals surface area contributed by atoms with E-state index in [1.54, 1.807) is 32.0 Å². The summed E-state index contributed by atoms with van der Waals surface area (Å²) in [5.74, 6) is 2.33. The van der Waals surface area contributed by atoms with Crippen LogP contribution in [-0.2, 0) is 18.4 Å². The molecule has 1 N–H and O–H groups in total. The maximum atomic E-state index is 12.7. The van der Waals surface area contributed by atoms with Gasteiger partial charge in [0.1, 0.15) is 29.4 Å². The molecule has 1 saturated carbocycles. The van der Waals surface area contributed by atoms with E-state index in [0.29, 0.717) is 18.2 Å². The summed E-state index contributed by atoms with van der Waals surface area (Å²) >= 11 is 0. The molecule has 1 aliphatic carbocycles. The molecule has 1 aliphatic rings. The van der Waals surface area contributed by atoms with Crippen LogP contribution in [-0.4, -0.2) is 36.0 Å². The Morgan fingerprint density at radius 2 is 1.64 bits per heavy atom. The highest BCUT2D eigenvalue weighted by molar-refractivity contribution is 5.96. The fraction of sp³-hybridized carbons (Fsp3) is 0.345. The number of pyridine rings is 1. The van der Waals surface area contributed by atoms with Gasteiger partial charge >= 0.3 is 0 Å². The van der Waals surface area contributed by atoms with Gasteiger partial charge in [0.15, 0.2) is 0 Å². The van der Waals surface area contributed by atoms with Crippen molar-refractivity contribution in [2.45, 2.75) is 44.5 Å². The topological polar surface area (TPSA) is 74.7 Å². The van der Waals surface area contributed by atoms with E-state index in [9.17, 15) is 4.79 Å². The lowest BCUT2D eigenvalue weighted by Gasteiger charge is -2.29. The predicted molar refractivity (Wildman–Crippen MR) is 140 cm³/mol. The van der Waals surface area contributed by atoms with Crippen molar-refractivity contribution >= 4 is 10.9 Å². The van der Waals surface area contributed by atoms with E-state index in [-0.39, 0.29) is 11.7 Å². The van der Waals surface area contributed by atoms with E-state index in [1.165, 1.54) is 0 Å². The van der Waals surface area contributed by atoms with Crippen LogP contribution in [0.4, 0.5) is 0 Å². The van der Waals surface area contributed by atoms with Crippen LogP contribution in [0.15, 0.2) is 65.7 Å². The largest absolute Gasteiger partial charge is 0.497 e. The molecule has 0 radical (unpaired) electrons. The van der Waals surface area contributed by atoms with Crippen molar-refractivity contribution < 1.29 is 18.9 Å². The molecule has 0 unspecified atom stereocenters. The van der Waals surface area contributed by atoms with E-state index in [4.69, 9.17) is 18.9 Å². The number of hydrogen-bond acceptors (Lipinski definition) is 5. The predicted octanol–water partition coefficient (Wildman–Crippen LogP) is 5.46. The van der Waals surface area contributed by atoms with Crippen LogP contribution in [0.25, 0.3) is 22.0 Å². The molecule has 2 aromatic heterocycles. The third kappa shape index (κ3) is 4.97. The van der Waals surface area contributed by atoms with Crippen molar-refractivity contribution in [1.82, 2.24) is 9.55 Å². The summed E-state index contributed by atoms with van der Waals surface area (Å²) < 4.78 is 25.1. The smallest absolute Gasteiger partial charge is 0.274 e. The maximum absolute atomic E-state index is 12.7. The van der Waals surface area contributed by atoms with Crippen molar-refractivity contribution in [2.75, 3.05) is 14.2 Å². The standard InChI is InChI=1S/C29H32N2O5/c1-31-17-26(24-14-15-30-28(24)29(31)32)25-16-23(35-18-19-4-6-20(33-2)7-5-19)12-13-27(25)36-22-10-8-21(34-3)9-11-22/h4-7,12-17,21-22,30H,8-11,18H2,1-3H3/t21-,22-. The Balaban J connectivity index is 1.48. The number of methoxy groups -OCH3 is 2. The van der Waals surface area contributed by atoms with Gasteiger partial charge in [-0.15, -0.1) is 0 Å². The van der Waals surface area contributed by atoms with Crippen LogP contribution in [0.2, 0.25) is 0 Å². The van der Waals surface area contributed by atoms with Crippen molar-refractivity contribution in [3.05, 3.63) is 76.8 Å². The third-order valence-electron chi connectivity index (χ3n) is 6.95. The lowest BCUT2D eigenvalue weighted by molar-refractivity contribution is 0.0329. The van der Waals surface area contributed by atoms with E-state index < -0.39 is 0 Å². The van der Waals surface area contributed by atoms with E-state index in [2.05, 4.69) is 4.98 Å². The molecule has 0 bridgehead atoms. The average Bonchev–Trinajstić information content (AvgIpc) is 3.41. The third-order valence-corrected chi connectivity index (χ3v) is 6.95. The van der Waals surface area contributed by atoms with E-state index in [0.717, 1.165) is 65.0 Å². The lowest BCUT2D eigenvalue weighted by atomic mass is 9.94. The number of rotatable bonds is 8. The minimum absolute atomic E-state index is 0.0639. The van der Waals surface area contributed by atoms with Gasteiger partial charge in [0, 0.05) is 43.1 Å². The molecule has 7 nitrogen and oxygen atoms in total. The summed E-state index contributed by atoms with van der Waals surface area (Å²) in [6.07, 6.45) is 7.96. The maximum Gasteiger partial charge on any atom is 0.274 e. The normalized spacial score (nSPS) is 17.8. The second-order valence-corrected chi connectivity index (χ2v) is 9.27. The number of nitrogens with zero attached hydrogens (tertiary/aromatic N) is 1. The quantitative estimate of drug-likeness (QED) is 0.357. The van der Waals surface area contributed by atoms with Crippen LogP contribution in [0.3, 0.4) is 0 Å². The zero-order chi connectivity index (χ0) is 25.1. The van der Waals surface area contributed by atoms with Gasteiger partial charge < -0.3 is 28.5 Å². The van der Waals surface area contributed by atoms with Crippen molar-refractivity contribution in [1.29, 1.82) is 0 Å². The molecule has 0 spiro atoms. The minimum Gasteiger partial charge on any atom is -0.497 e. The molecular formula is C29H32N2O5. The average molecular weight is 489 g/mol. The van der Waals surface area contributed by atoms with Crippen LogP contribution < -0.4 is 19.8 Å². The lowest BCUT2D eigenvalue weighted by Crippen LogP contribution is -2.27. The Morgan fingerprint density at radius 3 is 2.36 bits per heavy atom. The summed E-state index contributed by atoms with van der Waals surface area (Å²) in [7, 11) is 5.19. The zero-order valence-electron chi connectivity index (χ0n) is 21.0. The fourth-order valence-corrected chi connectivity index (χ4v) is 4.85. The number of fused-ring (bicyclic) bond motifs is 1. The second kappa shape index (κ2) is 10.5. The first-order valence-corrected chi connectivity index (χ1v) is 12.3. The highest BCUT2D eigenvalue weighted by Crippen LogP contribution is 2.38. The number of aromatic amines is 1. The number of H-pyrrole nitrogens is 1. The number of benzene rings is 2. The number of ether oxygens (including phenoxy) is 4. The summed E-state index contributed by atoms with van der Waals surface area (Å²) in [6.45, 7) is 0.428. The molecule has 5 rings (SSSR count). The van der Waals surface area contributed by atoms with Gasteiger partial charge in [0.25, 0.3) is 5.56 Å². The molecular weight excluding hydrogens is 456 g/mol. The highest BCUT2D eigenvalue weighted by atomic mass is 16.5. The van der Waals surface area contributed by atoms with E-state index in [1.807, 2.05) is 54.7 Å². The first kappa shape index (κ1) is 24.0. The number of aromatic nitrogens is 2. The van der Waals surface area contributed by atoms with Gasteiger partial charge in [-0.25, -0.2) is 0 Å². The summed E-state index contributed by atoms with van der Waals surface area (Å²) in [5, 5.41) is 0.860. The Hall–Kier alpha value is -3.71. The summed E-state index contributed by atoms with van der Waals surface area (Å²) in [5.41, 5.74) is 3.37.